The normalized spacial score (nSPS) is 20.5. The molecule has 4 nitrogen and oxygen atoms in total. The maximum Gasteiger partial charge on any atom is 0.191 e. The maximum atomic E-state index is 6.51. The molecule has 1 aliphatic carbocycles. The summed E-state index contributed by atoms with van der Waals surface area (Å²) in [6.07, 6.45) is 8.71. The summed E-state index contributed by atoms with van der Waals surface area (Å²) in [4.78, 5) is 8.98. The van der Waals surface area contributed by atoms with Crippen LogP contribution in [-0.4, -0.2) is 30.9 Å². The van der Waals surface area contributed by atoms with E-state index in [1.54, 1.807) is 0 Å². The lowest BCUT2D eigenvalue weighted by Gasteiger charge is -2.38. The zero-order valence-electron chi connectivity index (χ0n) is 19.0. The number of hydrogen-bond acceptors (Lipinski definition) is 4. The molecule has 0 amide bonds. The van der Waals surface area contributed by atoms with E-state index in [4.69, 9.17) is 4.43 Å². The third-order valence-corrected chi connectivity index (χ3v) is 11.1. The maximum absolute atomic E-state index is 6.51. The largest absolute Gasteiger partial charge is 0.417 e. The second-order valence-electron chi connectivity index (χ2n) is 10.1. The van der Waals surface area contributed by atoms with Crippen molar-refractivity contribution in [3.05, 3.63) is 42.4 Å². The van der Waals surface area contributed by atoms with Crippen LogP contribution < -0.4 is 5.32 Å². The molecule has 5 heteroatoms. The minimum atomic E-state index is -1.67. The first-order chi connectivity index (χ1) is 13.6. The molecule has 1 fully saturated rings. The number of nitrogens with zero attached hydrogens (tertiary/aromatic N) is 2. The summed E-state index contributed by atoms with van der Waals surface area (Å²) < 4.78 is 6.51. The predicted octanol–water partition coefficient (Wildman–Crippen LogP) is 6.44. The molecule has 158 valence electrons. The molecule has 0 bridgehead atoms. The Hall–Kier alpha value is -1.72. The number of pyridine rings is 2. The number of nitrogens with one attached hydrogen (secondary N) is 1. The van der Waals surface area contributed by atoms with Gasteiger partial charge in [0.15, 0.2) is 8.32 Å². The zero-order valence-corrected chi connectivity index (χ0v) is 20.0. The molecule has 0 spiro atoms. The second-order valence-corrected chi connectivity index (χ2v) is 14.9. The number of aryl methyl sites for hydroxylation is 1. The van der Waals surface area contributed by atoms with E-state index in [-0.39, 0.29) is 5.04 Å². The van der Waals surface area contributed by atoms with Gasteiger partial charge in [-0.25, -0.2) is 4.98 Å². The molecule has 1 aliphatic rings. The molecule has 29 heavy (non-hydrogen) atoms. The molecule has 0 saturated heterocycles. The van der Waals surface area contributed by atoms with E-state index in [0.29, 0.717) is 12.0 Å². The zero-order chi connectivity index (χ0) is 21.1. The molecule has 2 unspecified atom stereocenters. The van der Waals surface area contributed by atoms with Crippen LogP contribution in [0.2, 0.25) is 18.1 Å². The van der Waals surface area contributed by atoms with Gasteiger partial charge >= 0.3 is 0 Å². The Morgan fingerprint density at radius 1 is 1.10 bits per heavy atom. The first-order valence-electron chi connectivity index (χ1n) is 10.9. The molecule has 2 atom stereocenters. The van der Waals surface area contributed by atoms with E-state index >= 15 is 0 Å². The van der Waals surface area contributed by atoms with Crippen molar-refractivity contribution in [2.24, 2.45) is 5.92 Å². The van der Waals surface area contributed by atoms with Crippen LogP contribution in [0, 0.1) is 12.8 Å². The van der Waals surface area contributed by atoms with Gasteiger partial charge in [0, 0.05) is 36.3 Å². The smallest absolute Gasteiger partial charge is 0.191 e. The SMILES string of the molecule is Cc1ccc(-c2ccnc(NC3CCCC(CO[Si](C)(C)C(C)(C)C)C3)c2)cn1. The Kier molecular flexibility index (Phi) is 6.79. The lowest BCUT2D eigenvalue weighted by molar-refractivity contribution is 0.187. The molecule has 0 aromatic carbocycles. The van der Waals surface area contributed by atoms with E-state index in [9.17, 15) is 0 Å². The van der Waals surface area contributed by atoms with Gasteiger partial charge in [0.2, 0.25) is 0 Å². The Balaban J connectivity index is 1.59. The van der Waals surface area contributed by atoms with E-state index in [1.807, 2.05) is 25.4 Å². The lowest BCUT2D eigenvalue weighted by Crippen LogP contribution is -2.42. The van der Waals surface area contributed by atoms with Crippen molar-refractivity contribution in [2.45, 2.75) is 77.6 Å². The average Bonchev–Trinajstić information content (AvgIpc) is 2.67. The molecular weight excluding hydrogens is 374 g/mol. The minimum Gasteiger partial charge on any atom is -0.417 e. The van der Waals surface area contributed by atoms with E-state index < -0.39 is 8.32 Å². The number of aromatic nitrogens is 2. The highest BCUT2D eigenvalue weighted by molar-refractivity contribution is 6.74. The number of rotatable bonds is 6. The molecular formula is C24H37N3OSi. The monoisotopic (exact) mass is 411 g/mol. The molecule has 2 aromatic rings. The quantitative estimate of drug-likeness (QED) is 0.555. The molecule has 2 aromatic heterocycles. The van der Waals surface area contributed by atoms with Gasteiger partial charge in [-0.2, -0.15) is 0 Å². The highest BCUT2D eigenvalue weighted by Gasteiger charge is 2.38. The van der Waals surface area contributed by atoms with Crippen LogP contribution >= 0.6 is 0 Å². The summed E-state index contributed by atoms with van der Waals surface area (Å²) in [6, 6.07) is 8.83. The van der Waals surface area contributed by atoms with Crippen LogP contribution in [0.5, 0.6) is 0 Å². The Labute approximate surface area is 177 Å². The fourth-order valence-corrected chi connectivity index (χ4v) is 4.74. The first kappa shape index (κ1) is 22.0. The van der Waals surface area contributed by atoms with Crippen molar-refractivity contribution in [1.82, 2.24) is 9.97 Å². The molecule has 1 N–H and O–H groups in total. The van der Waals surface area contributed by atoms with Gasteiger partial charge < -0.3 is 9.74 Å². The highest BCUT2D eigenvalue weighted by Crippen LogP contribution is 2.38. The van der Waals surface area contributed by atoms with Gasteiger partial charge in [-0.15, -0.1) is 0 Å². The first-order valence-corrected chi connectivity index (χ1v) is 13.8. The lowest BCUT2D eigenvalue weighted by atomic mass is 9.86. The summed E-state index contributed by atoms with van der Waals surface area (Å²) in [5.41, 5.74) is 3.32. The van der Waals surface area contributed by atoms with Gasteiger partial charge in [0.1, 0.15) is 5.82 Å². The third-order valence-electron chi connectivity index (χ3n) is 6.63. The van der Waals surface area contributed by atoms with Crippen LogP contribution in [0.1, 0.15) is 52.1 Å². The third kappa shape index (κ3) is 5.89. The van der Waals surface area contributed by atoms with Crippen LogP contribution in [0.15, 0.2) is 36.7 Å². The van der Waals surface area contributed by atoms with E-state index in [2.05, 4.69) is 67.3 Å². The van der Waals surface area contributed by atoms with Gasteiger partial charge in [0.05, 0.1) is 0 Å². The standard InChI is InChI=1S/C24H37N3OSi/c1-18-10-11-21(16-26-18)20-12-13-25-23(15-20)27-22-9-7-8-19(14-22)17-28-29(5,6)24(2,3)4/h10-13,15-16,19,22H,7-9,14,17H2,1-6H3,(H,25,27). The summed E-state index contributed by atoms with van der Waals surface area (Å²) in [5.74, 6) is 1.60. The summed E-state index contributed by atoms with van der Waals surface area (Å²) in [6.45, 7) is 14.5. The van der Waals surface area contributed by atoms with Gasteiger partial charge in [-0.05, 0) is 74.0 Å². The van der Waals surface area contributed by atoms with Crippen LogP contribution in [0.4, 0.5) is 5.82 Å². The summed E-state index contributed by atoms with van der Waals surface area (Å²) >= 11 is 0. The average molecular weight is 412 g/mol. The highest BCUT2D eigenvalue weighted by atomic mass is 28.4. The van der Waals surface area contributed by atoms with Gasteiger partial charge in [-0.1, -0.05) is 33.3 Å². The van der Waals surface area contributed by atoms with Crippen molar-refractivity contribution in [2.75, 3.05) is 11.9 Å². The molecule has 0 radical (unpaired) electrons. The fraction of sp³-hybridized carbons (Fsp3) is 0.583. The Morgan fingerprint density at radius 3 is 2.59 bits per heavy atom. The predicted molar refractivity (Wildman–Crippen MR) is 125 cm³/mol. The number of hydrogen-bond donors (Lipinski definition) is 1. The van der Waals surface area contributed by atoms with Crippen molar-refractivity contribution >= 4 is 14.1 Å². The summed E-state index contributed by atoms with van der Waals surface area (Å²) in [7, 11) is -1.67. The van der Waals surface area contributed by atoms with Crippen molar-refractivity contribution in [1.29, 1.82) is 0 Å². The van der Waals surface area contributed by atoms with Crippen molar-refractivity contribution in [3.63, 3.8) is 0 Å². The van der Waals surface area contributed by atoms with Crippen LogP contribution in [-0.2, 0) is 4.43 Å². The topological polar surface area (TPSA) is 47.0 Å². The van der Waals surface area contributed by atoms with E-state index in [0.717, 1.165) is 35.7 Å². The fourth-order valence-electron chi connectivity index (χ4n) is 3.65. The summed E-state index contributed by atoms with van der Waals surface area (Å²) in [5, 5.41) is 3.96. The molecule has 3 rings (SSSR count). The van der Waals surface area contributed by atoms with Crippen LogP contribution in [0.3, 0.4) is 0 Å². The van der Waals surface area contributed by atoms with E-state index in [1.165, 1.54) is 19.3 Å². The molecule has 2 heterocycles. The van der Waals surface area contributed by atoms with Crippen molar-refractivity contribution in [3.8, 4) is 11.1 Å². The Bertz CT molecular complexity index is 799. The second kappa shape index (κ2) is 8.96. The molecule has 0 aliphatic heterocycles. The van der Waals surface area contributed by atoms with Gasteiger partial charge in [-0.3, -0.25) is 4.98 Å². The van der Waals surface area contributed by atoms with Crippen molar-refractivity contribution < 1.29 is 4.43 Å². The van der Waals surface area contributed by atoms with Crippen LogP contribution in [0.25, 0.3) is 11.1 Å². The van der Waals surface area contributed by atoms with Gasteiger partial charge in [0.25, 0.3) is 0 Å². The minimum absolute atomic E-state index is 0.272. The Morgan fingerprint density at radius 2 is 1.90 bits per heavy atom. The molecule has 1 saturated carbocycles. The number of anilines is 1.